The molecule has 0 aliphatic rings. The number of hydrogen-bond acceptors (Lipinski definition) is 9. The van der Waals surface area contributed by atoms with Crippen molar-refractivity contribution in [3.05, 3.63) is 60.8 Å². The molecule has 2 N–H and O–H groups in total. The summed E-state index contributed by atoms with van der Waals surface area (Å²) in [5.41, 5.74) is 2.88. The highest BCUT2D eigenvalue weighted by atomic mass is 16.5. The van der Waals surface area contributed by atoms with Crippen molar-refractivity contribution in [1.82, 2.24) is 24.6 Å². The van der Waals surface area contributed by atoms with Crippen molar-refractivity contribution in [2.45, 2.75) is 6.92 Å². The Kier molecular flexibility index (Phi) is 5.02. The topological polar surface area (TPSA) is 116 Å². The van der Waals surface area contributed by atoms with Gasteiger partial charge in [0.05, 0.1) is 25.4 Å². The van der Waals surface area contributed by atoms with Crippen molar-refractivity contribution in [2.75, 3.05) is 19.5 Å². The fourth-order valence-electron chi connectivity index (χ4n) is 3.50. The summed E-state index contributed by atoms with van der Waals surface area (Å²) in [7, 11) is 3.07. The standard InChI is InChI=1S/C23H20N6O4/c1-13-6-17(28-23-15-8-18(30)21(32-3)9-16(15)24-11-26-23)20(31-2)10-19(13)33-14-4-5-29-22(7-14)25-12-27-29/h4-12,30H,1-3H3,(H,24,26,28). The number of anilines is 2. The molecule has 0 spiro atoms. The minimum atomic E-state index is -0.000567. The van der Waals surface area contributed by atoms with Gasteiger partial charge in [-0.15, -0.1) is 0 Å². The van der Waals surface area contributed by atoms with Crippen molar-refractivity contribution in [2.24, 2.45) is 0 Å². The third kappa shape index (κ3) is 3.78. The number of aromatic hydroxyl groups is 1. The van der Waals surface area contributed by atoms with Crippen LogP contribution in [-0.4, -0.2) is 43.9 Å². The SMILES string of the molecule is COc1cc2ncnc(Nc3cc(C)c(Oc4ccn5ncnc5c4)cc3OC)c2cc1O. The Morgan fingerprint density at radius 1 is 0.909 bits per heavy atom. The summed E-state index contributed by atoms with van der Waals surface area (Å²) >= 11 is 0. The van der Waals surface area contributed by atoms with E-state index in [0.29, 0.717) is 51.1 Å². The Labute approximate surface area is 188 Å². The number of nitrogens with one attached hydrogen (secondary N) is 1. The third-order valence-corrected chi connectivity index (χ3v) is 5.17. The molecule has 10 nitrogen and oxygen atoms in total. The second kappa shape index (κ2) is 8.15. The van der Waals surface area contributed by atoms with Gasteiger partial charge in [-0.25, -0.2) is 19.5 Å². The summed E-state index contributed by atoms with van der Waals surface area (Å²) in [5.74, 6) is 2.68. The second-order valence-corrected chi connectivity index (χ2v) is 7.23. The van der Waals surface area contributed by atoms with E-state index in [1.807, 2.05) is 19.1 Å². The Morgan fingerprint density at radius 3 is 2.58 bits per heavy atom. The lowest BCUT2D eigenvalue weighted by molar-refractivity contribution is 0.374. The summed E-state index contributed by atoms with van der Waals surface area (Å²) in [6, 6.07) is 10.5. The van der Waals surface area contributed by atoms with Gasteiger partial charge in [-0.05, 0) is 30.7 Å². The first-order chi connectivity index (χ1) is 16.1. The normalized spacial score (nSPS) is 11.0. The van der Waals surface area contributed by atoms with Gasteiger partial charge in [-0.2, -0.15) is 5.10 Å². The number of nitrogens with zero attached hydrogens (tertiary/aromatic N) is 5. The Balaban J connectivity index is 1.49. The molecule has 3 heterocycles. The van der Waals surface area contributed by atoms with Crippen LogP contribution in [-0.2, 0) is 0 Å². The molecular weight excluding hydrogens is 424 g/mol. The number of rotatable bonds is 6. The molecule has 2 aromatic carbocycles. The van der Waals surface area contributed by atoms with Crippen LogP contribution in [0, 0.1) is 6.92 Å². The zero-order valence-corrected chi connectivity index (χ0v) is 18.1. The van der Waals surface area contributed by atoms with Crippen LogP contribution in [0.3, 0.4) is 0 Å². The number of hydrogen-bond donors (Lipinski definition) is 2. The van der Waals surface area contributed by atoms with Crippen molar-refractivity contribution < 1.29 is 19.3 Å². The number of methoxy groups -OCH3 is 2. The third-order valence-electron chi connectivity index (χ3n) is 5.17. The first-order valence-corrected chi connectivity index (χ1v) is 10.0. The van der Waals surface area contributed by atoms with Gasteiger partial charge in [0.1, 0.15) is 35.7 Å². The maximum Gasteiger partial charge on any atom is 0.162 e. The fraction of sp³-hybridized carbons (Fsp3) is 0.130. The zero-order chi connectivity index (χ0) is 22.9. The largest absolute Gasteiger partial charge is 0.504 e. The molecule has 0 fully saturated rings. The van der Waals surface area contributed by atoms with Crippen LogP contribution in [0.15, 0.2) is 55.2 Å². The highest BCUT2D eigenvalue weighted by Crippen LogP contribution is 2.38. The number of pyridine rings is 1. The van der Waals surface area contributed by atoms with Gasteiger partial charge in [0.25, 0.3) is 0 Å². The van der Waals surface area contributed by atoms with Crippen molar-refractivity contribution in [3.8, 4) is 28.7 Å². The second-order valence-electron chi connectivity index (χ2n) is 7.23. The molecule has 0 unspecified atom stereocenters. The molecule has 5 aromatic rings. The predicted octanol–water partition coefficient (Wildman–Crippen LogP) is 4.24. The van der Waals surface area contributed by atoms with Crippen LogP contribution < -0.4 is 19.5 Å². The minimum Gasteiger partial charge on any atom is -0.504 e. The van der Waals surface area contributed by atoms with Crippen molar-refractivity contribution in [3.63, 3.8) is 0 Å². The van der Waals surface area contributed by atoms with Gasteiger partial charge in [-0.3, -0.25) is 0 Å². The maximum absolute atomic E-state index is 10.2. The zero-order valence-electron chi connectivity index (χ0n) is 18.1. The van der Waals surface area contributed by atoms with E-state index < -0.39 is 0 Å². The van der Waals surface area contributed by atoms with E-state index in [2.05, 4.69) is 25.4 Å². The number of aromatic nitrogens is 5. The monoisotopic (exact) mass is 444 g/mol. The lowest BCUT2D eigenvalue weighted by atomic mass is 10.1. The molecule has 3 aromatic heterocycles. The van der Waals surface area contributed by atoms with Crippen LogP contribution in [0.5, 0.6) is 28.7 Å². The quantitative estimate of drug-likeness (QED) is 0.397. The minimum absolute atomic E-state index is 0.000567. The number of phenols is 1. The van der Waals surface area contributed by atoms with Gasteiger partial charge >= 0.3 is 0 Å². The molecule has 0 amide bonds. The van der Waals surface area contributed by atoms with Crippen LogP contribution in [0.4, 0.5) is 11.5 Å². The van der Waals surface area contributed by atoms with Gasteiger partial charge in [0, 0.05) is 29.8 Å². The van der Waals surface area contributed by atoms with Crippen molar-refractivity contribution in [1.29, 1.82) is 0 Å². The smallest absolute Gasteiger partial charge is 0.162 e. The van der Waals surface area contributed by atoms with E-state index in [0.717, 1.165) is 5.56 Å². The summed E-state index contributed by atoms with van der Waals surface area (Å²) in [4.78, 5) is 12.8. The summed E-state index contributed by atoms with van der Waals surface area (Å²) in [6.45, 7) is 1.93. The first kappa shape index (κ1) is 20.3. The molecule has 0 saturated carbocycles. The lowest BCUT2D eigenvalue weighted by Gasteiger charge is -2.16. The lowest BCUT2D eigenvalue weighted by Crippen LogP contribution is -2.00. The number of aryl methyl sites for hydroxylation is 1. The molecule has 10 heteroatoms. The summed E-state index contributed by atoms with van der Waals surface area (Å²) in [5, 5.41) is 18.2. The highest BCUT2D eigenvalue weighted by molar-refractivity contribution is 5.93. The van der Waals surface area contributed by atoms with E-state index in [4.69, 9.17) is 14.2 Å². The average molecular weight is 444 g/mol. The van der Waals surface area contributed by atoms with Crippen molar-refractivity contribution >= 4 is 28.1 Å². The number of fused-ring (bicyclic) bond motifs is 2. The molecule has 0 saturated heterocycles. The van der Waals surface area contributed by atoms with Crippen LogP contribution in [0.2, 0.25) is 0 Å². The van der Waals surface area contributed by atoms with Gasteiger partial charge in [0.15, 0.2) is 17.1 Å². The number of benzene rings is 2. The van der Waals surface area contributed by atoms with Gasteiger partial charge in [-0.1, -0.05) is 0 Å². The molecule has 33 heavy (non-hydrogen) atoms. The molecule has 5 rings (SSSR count). The van der Waals surface area contributed by atoms with E-state index in [9.17, 15) is 5.11 Å². The van der Waals surface area contributed by atoms with E-state index in [1.165, 1.54) is 19.8 Å². The number of ether oxygens (including phenoxy) is 3. The van der Waals surface area contributed by atoms with E-state index in [-0.39, 0.29) is 5.75 Å². The predicted molar refractivity (Wildman–Crippen MR) is 122 cm³/mol. The highest BCUT2D eigenvalue weighted by Gasteiger charge is 2.14. The first-order valence-electron chi connectivity index (χ1n) is 10.0. The molecule has 166 valence electrons. The van der Waals surface area contributed by atoms with Crippen LogP contribution >= 0.6 is 0 Å². The van der Waals surface area contributed by atoms with E-state index in [1.54, 1.807) is 42.1 Å². The fourth-order valence-corrected chi connectivity index (χ4v) is 3.50. The van der Waals surface area contributed by atoms with Gasteiger partial charge in [0.2, 0.25) is 0 Å². The Bertz CT molecular complexity index is 1480. The molecule has 0 bridgehead atoms. The Hall–Kier alpha value is -4.60. The molecule has 0 atom stereocenters. The summed E-state index contributed by atoms with van der Waals surface area (Å²) in [6.07, 6.45) is 4.71. The van der Waals surface area contributed by atoms with E-state index >= 15 is 0 Å². The Morgan fingerprint density at radius 2 is 1.76 bits per heavy atom. The number of phenolic OH excluding ortho intramolecular Hbond substituents is 1. The maximum atomic E-state index is 10.2. The average Bonchev–Trinajstić information content (AvgIpc) is 3.28. The van der Waals surface area contributed by atoms with Crippen LogP contribution in [0.1, 0.15) is 5.56 Å². The summed E-state index contributed by atoms with van der Waals surface area (Å²) < 4.78 is 18.5. The van der Waals surface area contributed by atoms with Crippen LogP contribution in [0.25, 0.3) is 16.6 Å². The molecular formula is C23H20N6O4. The molecule has 0 aliphatic carbocycles. The molecule has 0 aliphatic heterocycles. The van der Waals surface area contributed by atoms with Gasteiger partial charge < -0.3 is 24.6 Å². The molecule has 0 radical (unpaired) electrons.